The number of amides is 1. The van der Waals surface area contributed by atoms with Crippen molar-refractivity contribution in [2.24, 2.45) is 0 Å². The third-order valence-electron chi connectivity index (χ3n) is 5.04. The molecule has 1 amide bonds. The standard InChI is InChI=1S/C18H29N3O2/c1-18(2,3)15-12-19-17(23-15)7-6-16(22)20-13-8-10-21-9-4-5-14(21)11-13/h12-14H,4-11H2,1-3H3,(H,20,22). The highest BCUT2D eigenvalue weighted by Gasteiger charge is 2.32. The van der Waals surface area contributed by atoms with Gasteiger partial charge in [0.1, 0.15) is 5.76 Å². The summed E-state index contributed by atoms with van der Waals surface area (Å²) < 4.78 is 5.75. The number of aromatic nitrogens is 1. The van der Waals surface area contributed by atoms with Crippen LogP contribution in [0.2, 0.25) is 0 Å². The fourth-order valence-electron chi connectivity index (χ4n) is 3.65. The summed E-state index contributed by atoms with van der Waals surface area (Å²) in [6.07, 6.45) is 7.60. The van der Waals surface area contributed by atoms with Crippen LogP contribution in [-0.2, 0) is 16.6 Å². The van der Waals surface area contributed by atoms with E-state index in [-0.39, 0.29) is 11.3 Å². The number of hydrogen-bond acceptors (Lipinski definition) is 4. The van der Waals surface area contributed by atoms with Crippen LogP contribution < -0.4 is 5.32 Å². The van der Waals surface area contributed by atoms with E-state index in [9.17, 15) is 4.79 Å². The normalized spacial score (nSPS) is 25.3. The first kappa shape index (κ1) is 16.5. The summed E-state index contributed by atoms with van der Waals surface area (Å²) in [6.45, 7) is 8.66. The van der Waals surface area contributed by atoms with Gasteiger partial charge in [0.15, 0.2) is 5.89 Å². The van der Waals surface area contributed by atoms with E-state index in [1.807, 2.05) is 0 Å². The van der Waals surface area contributed by atoms with Gasteiger partial charge < -0.3 is 14.6 Å². The number of piperidine rings is 1. The molecule has 2 aliphatic heterocycles. The number of carbonyl (C=O) groups is 1. The molecular weight excluding hydrogens is 290 g/mol. The fourth-order valence-corrected chi connectivity index (χ4v) is 3.65. The maximum absolute atomic E-state index is 12.2. The molecule has 2 atom stereocenters. The van der Waals surface area contributed by atoms with Crippen LogP contribution in [0.5, 0.6) is 0 Å². The number of fused-ring (bicyclic) bond motifs is 1. The minimum Gasteiger partial charge on any atom is -0.445 e. The topological polar surface area (TPSA) is 58.4 Å². The zero-order valence-electron chi connectivity index (χ0n) is 14.6. The number of rotatable bonds is 4. The molecule has 2 aliphatic rings. The van der Waals surface area contributed by atoms with Crippen LogP contribution in [0.15, 0.2) is 10.6 Å². The van der Waals surface area contributed by atoms with E-state index >= 15 is 0 Å². The maximum atomic E-state index is 12.2. The van der Waals surface area contributed by atoms with Gasteiger partial charge in [-0.05, 0) is 32.2 Å². The van der Waals surface area contributed by atoms with Gasteiger partial charge in [-0.3, -0.25) is 4.79 Å². The average molecular weight is 319 g/mol. The maximum Gasteiger partial charge on any atom is 0.220 e. The molecule has 0 aliphatic carbocycles. The molecule has 3 heterocycles. The Kier molecular flexibility index (Phi) is 4.76. The first-order valence-corrected chi connectivity index (χ1v) is 8.90. The van der Waals surface area contributed by atoms with E-state index in [0.717, 1.165) is 25.1 Å². The third-order valence-corrected chi connectivity index (χ3v) is 5.04. The van der Waals surface area contributed by atoms with Gasteiger partial charge in [-0.25, -0.2) is 4.98 Å². The second-order valence-corrected chi connectivity index (χ2v) is 7.99. The van der Waals surface area contributed by atoms with Gasteiger partial charge in [0.05, 0.1) is 6.20 Å². The van der Waals surface area contributed by atoms with Crippen LogP contribution in [-0.4, -0.2) is 41.0 Å². The lowest BCUT2D eigenvalue weighted by Crippen LogP contribution is -2.47. The summed E-state index contributed by atoms with van der Waals surface area (Å²) in [4.78, 5) is 19.1. The SMILES string of the molecule is CC(C)(C)c1cnc(CCC(=O)NC2CCN3CCCC3C2)o1. The molecule has 5 nitrogen and oxygen atoms in total. The molecule has 0 saturated carbocycles. The summed E-state index contributed by atoms with van der Waals surface area (Å²) in [5.41, 5.74) is -0.0389. The second-order valence-electron chi connectivity index (χ2n) is 7.99. The first-order chi connectivity index (χ1) is 10.9. The minimum absolute atomic E-state index is 0.0389. The predicted octanol–water partition coefficient (Wildman–Crippen LogP) is 2.65. The Labute approximate surface area is 138 Å². The van der Waals surface area contributed by atoms with E-state index in [4.69, 9.17) is 4.42 Å². The molecule has 1 aromatic rings. The van der Waals surface area contributed by atoms with Crippen LogP contribution in [0.1, 0.15) is 64.5 Å². The Morgan fingerprint density at radius 3 is 2.96 bits per heavy atom. The summed E-state index contributed by atoms with van der Waals surface area (Å²) in [6, 6.07) is 1.03. The van der Waals surface area contributed by atoms with Crippen molar-refractivity contribution in [3.8, 4) is 0 Å². The van der Waals surface area contributed by atoms with Crippen molar-refractivity contribution in [3.05, 3.63) is 17.8 Å². The Balaban J connectivity index is 1.44. The lowest BCUT2D eigenvalue weighted by Gasteiger charge is -2.35. The van der Waals surface area contributed by atoms with E-state index in [1.54, 1.807) is 6.20 Å². The van der Waals surface area contributed by atoms with E-state index < -0.39 is 0 Å². The van der Waals surface area contributed by atoms with Gasteiger partial charge in [-0.15, -0.1) is 0 Å². The number of nitrogens with zero attached hydrogens (tertiary/aromatic N) is 2. The molecule has 0 spiro atoms. The summed E-state index contributed by atoms with van der Waals surface area (Å²) in [7, 11) is 0. The highest BCUT2D eigenvalue weighted by atomic mass is 16.4. The number of carbonyl (C=O) groups excluding carboxylic acids is 1. The lowest BCUT2D eigenvalue weighted by molar-refractivity contribution is -0.122. The van der Waals surface area contributed by atoms with Crippen molar-refractivity contribution in [2.75, 3.05) is 13.1 Å². The molecule has 1 N–H and O–H groups in total. The number of hydrogen-bond donors (Lipinski definition) is 1. The lowest BCUT2D eigenvalue weighted by atomic mass is 9.94. The molecule has 2 unspecified atom stereocenters. The number of nitrogens with one attached hydrogen (secondary N) is 1. The zero-order valence-corrected chi connectivity index (χ0v) is 14.6. The molecule has 0 radical (unpaired) electrons. The van der Waals surface area contributed by atoms with Gasteiger partial charge in [0.25, 0.3) is 0 Å². The molecule has 128 valence electrons. The van der Waals surface area contributed by atoms with Crippen LogP contribution >= 0.6 is 0 Å². The van der Waals surface area contributed by atoms with Crippen LogP contribution in [0.4, 0.5) is 0 Å². The second kappa shape index (κ2) is 6.63. The molecule has 2 saturated heterocycles. The van der Waals surface area contributed by atoms with Crippen LogP contribution in [0.3, 0.4) is 0 Å². The van der Waals surface area contributed by atoms with Crippen molar-refractivity contribution >= 4 is 5.91 Å². The Hall–Kier alpha value is -1.36. The molecular formula is C18H29N3O2. The van der Waals surface area contributed by atoms with Gasteiger partial charge in [-0.1, -0.05) is 20.8 Å². The molecule has 23 heavy (non-hydrogen) atoms. The third kappa shape index (κ3) is 4.14. The van der Waals surface area contributed by atoms with Crippen LogP contribution in [0, 0.1) is 0 Å². The van der Waals surface area contributed by atoms with Gasteiger partial charge in [0.2, 0.25) is 5.91 Å². The molecule has 2 fully saturated rings. The summed E-state index contributed by atoms with van der Waals surface area (Å²) >= 11 is 0. The fraction of sp³-hybridized carbons (Fsp3) is 0.778. The van der Waals surface area contributed by atoms with E-state index in [1.165, 1.54) is 19.4 Å². The van der Waals surface area contributed by atoms with Crippen molar-refractivity contribution in [1.29, 1.82) is 0 Å². The molecule has 3 rings (SSSR count). The van der Waals surface area contributed by atoms with Gasteiger partial charge in [-0.2, -0.15) is 0 Å². The molecule has 5 heteroatoms. The number of aryl methyl sites for hydroxylation is 1. The quantitative estimate of drug-likeness (QED) is 0.927. The Morgan fingerprint density at radius 2 is 2.22 bits per heavy atom. The average Bonchev–Trinajstić information content (AvgIpc) is 3.13. The predicted molar refractivity (Wildman–Crippen MR) is 89.3 cm³/mol. The van der Waals surface area contributed by atoms with Gasteiger partial charge in [0, 0.05) is 36.9 Å². The van der Waals surface area contributed by atoms with Crippen LogP contribution in [0.25, 0.3) is 0 Å². The van der Waals surface area contributed by atoms with Crippen molar-refractivity contribution in [1.82, 2.24) is 15.2 Å². The molecule has 0 bridgehead atoms. The first-order valence-electron chi connectivity index (χ1n) is 8.90. The minimum atomic E-state index is -0.0389. The number of oxazole rings is 1. The largest absolute Gasteiger partial charge is 0.445 e. The molecule has 0 aromatic carbocycles. The van der Waals surface area contributed by atoms with Crippen molar-refractivity contribution in [3.63, 3.8) is 0 Å². The highest BCUT2D eigenvalue weighted by molar-refractivity contribution is 5.76. The van der Waals surface area contributed by atoms with Gasteiger partial charge >= 0.3 is 0 Å². The highest BCUT2D eigenvalue weighted by Crippen LogP contribution is 2.27. The zero-order chi connectivity index (χ0) is 16.4. The van der Waals surface area contributed by atoms with E-state index in [2.05, 4.69) is 36.0 Å². The van der Waals surface area contributed by atoms with E-state index in [0.29, 0.717) is 30.8 Å². The monoisotopic (exact) mass is 319 g/mol. The summed E-state index contributed by atoms with van der Waals surface area (Å²) in [5.74, 6) is 1.66. The Morgan fingerprint density at radius 1 is 1.39 bits per heavy atom. The summed E-state index contributed by atoms with van der Waals surface area (Å²) in [5, 5.41) is 3.20. The Bertz CT molecular complexity index is 547. The smallest absolute Gasteiger partial charge is 0.220 e. The molecule has 1 aromatic heterocycles. The van der Waals surface area contributed by atoms with Crippen molar-refractivity contribution in [2.45, 2.75) is 76.8 Å². The van der Waals surface area contributed by atoms with Crippen molar-refractivity contribution < 1.29 is 9.21 Å².